The Balaban J connectivity index is 3.60. The highest BCUT2D eigenvalue weighted by molar-refractivity contribution is 5.75. The molecule has 0 aromatic rings. The summed E-state index contributed by atoms with van der Waals surface area (Å²) in [6, 6.07) is 0. The van der Waals surface area contributed by atoms with Crippen molar-refractivity contribution in [2.24, 2.45) is 0 Å². The molecule has 0 radical (unpaired) electrons. The number of carbonyl (C=O) groups is 1. The first-order valence-corrected chi connectivity index (χ1v) is 5.50. The molecule has 4 nitrogen and oxygen atoms in total. The van der Waals surface area contributed by atoms with Gasteiger partial charge < -0.3 is 14.9 Å². The van der Waals surface area contributed by atoms with E-state index in [1.165, 1.54) is 0 Å². The van der Waals surface area contributed by atoms with Crippen molar-refractivity contribution in [2.75, 3.05) is 34.2 Å². The SMILES string of the molecule is CC(O)CCC(=O)N(C)CCCN(C)C. The smallest absolute Gasteiger partial charge is 0.222 e. The Labute approximate surface area is 92.9 Å². The summed E-state index contributed by atoms with van der Waals surface area (Å²) in [5, 5.41) is 9.05. The summed E-state index contributed by atoms with van der Waals surface area (Å²) in [5.74, 6) is 0.120. The third-order valence-corrected chi connectivity index (χ3v) is 2.30. The van der Waals surface area contributed by atoms with Crippen LogP contribution in [-0.4, -0.2) is 61.2 Å². The van der Waals surface area contributed by atoms with Gasteiger partial charge in [-0.1, -0.05) is 0 Å². The second kappa shape index (κ2) is 7.65. The minimum Gasteiger partial charge on any atom is -0.393 e. The molecule has 0 aromatic heterocycles. The van der Waals surface area contributed by atoms with Gasteiger partial charge in [0.2, 0.25) is 5.91 Å². The van der Waals surface area contributed by atoms with Gasteiger partial charge in [0.1, 0.15) is 0 Å². The fourth-order valence-corrected chi connectivity index (χ4v) is 1.27. The summed E-state index contributed by atoms with van der Waals surface area (Å²) in [4.78, 5) is 15.4. The molecule has 15 heavy (non-hydrogen) atoms. The Hall–Kier alpha value is -0.610. The van der Waals surface area contributed by atoms with Gasteiger partial charge >= 0.3 is 0 Å². The predicted molar refractivity (Wildman–Crippen MR) is 61.7 cm³/mol. The van der Waals surface area contributed by atoms with Crippen LogP contribution < -0.4 is 0 Å². The van der Waals surface area contributed by atoms with Crippen LogP contribution in [0.15, 0.2) is 0 Å². The van der Waals surface area contributed by atoms with Crippen LogP contribution in [-0.2, 0) is 4.79 Å². The van der Waals surface area contributed by atoms with E-state index < -0.39 is 0 Å². The van der Waals surface area contributed by atoms with E-state index in [4.69, 9.17) is 5.11 Å². The maximum atomic E-state index is 11.5. The largest absolute Gasteiger partial charge is 0.393 e. The van der Waals surface area contributed by atoms with Gasteiger partial charge in [0.05, 0.1) is 6.10 Å². The number of hydrogen-bond donors (Lipinski definition) is 1. The first kappa shape index (κ1) is 14.4. The van der Waals surface area contributed by atoms with Crippen LogP contribution in [0.3, 0.4) is 0 Å². The lowest BCUT2D eigenvalue weighted by atomic mass is 10.2. The maximum Gasteiger partial charge on any atom is 0.222 e. The van der Waals surface area contributed by atoms with E-state index in [9.17, 15) is 4.79 Å². The number of aliphatic hydroxyl groups is 1. The van der Waals surface area contributed by atoms with E-state index in [2.05, 4.69) is 4.90 Å². The van der Waals surface area contributed by atoms with Crippen LogP contribution in [0.4, 0.5) is 0 Å². The number of amides is 1. The van der Waals surface area contributed by atoms with Gasteiger partial charge in [0.15, 0.2) is 0 Å². The molecule has 1 N–H and O–H groups in total. The zero-order chi connectivity index (χ0) is 11.8. The van der Waals surface area contributed by atoms with Crippen molar-refractivity contribution in [3.63, 3.8) is 0 Å². The molecule has 1 unspecified atom stereocenters. The lowest BCUT2D eigenvalue weighted by Crippen LogP contribution is -2.30. The normalized spacial score (nSPS) is 12.9. The molecular weight excluding hydrogens is 192 g/mol. The molecule has 90 valence electrons. The van der Waals surface area contributed by atoms with E-state index in [0.29, 0.717) is 12.8 Å². The average molecular weight is 216 g/mol. The van der Waals surface area contributed by atoms with E-state index in [-0.39, 0.29) is 12.0 Å². The molecule has 0 rings (SSSR count). The molecule has 0 heterocycles. The van der Waals surface area contributed by atoms with Gasteiger partial charge in [0, 0.05) is 20.0 Å². The Kier molecular flexibility index (Phi) is 7.34. The fourth-order valence-electron chi connectivity index (χ4n) is 1.27. The topological polar surface area (TPSA) is 43.8 Å². The summed E-state index contributed by atoms with van der Waals surface area (Å²) in [6.45, 7) is 3.49. The molecular formula is C11H24N2O2. The van der Waals surface area contributed by atoms with Crippen molar-refractivity contribution in [3.05, 3.63) is 0 Å². The molecule has 0 saturated heterocycles. The second-order valence-corrected chi connectivity index (χ2v) is 4.36. The highest BCUT2D eigenvalue weighted by atomic mass is 16.3. The highest BCUT2D eigenvalue weighted by Gasteiger charge is 2.09. The van der Waals surface area contributed by atoms with E-state index in [1.807, 2.05) is 21.1 Å². The number of hydrogen-bond acceptors (Lipinski definition) is 3. The lowest BCUT2D eigenvalue weighted by Gasteiger charge is -2.18. The third-order valence-electron chi connectivity index (χ3n) is 2.30. The Bertz CT molecular complexity index is 181. The molecule has 0 bridgehead atoms. The number of rotatable bonds is 7. The zero-order valence-electron chi connectivity index (χ0n) is 10.4. The Morgan fingerprint density at radius 1 is 1.27 bits per heavy atom. The third kappa shape index (κ3) is 8.39. The predicted octanol–water partition coefficient (Wildman–Crippen LogP) is 0.558. The molecule has 0 spiro atoms. The summed E-state index contributed by atoms with van der Waals surface area (Å²) >= 11 is 0. The van der Waals surface area contributed by atoms with Crippen LogP contribution in [0.5, 0.6) is 0 Å². The minimum absolute atomic E-state index is 0.120. The summed E-state index contributed by atoms with van der Waals surface area (Å²) in [5.41, 5.74) is 0. The maximum absolute atomic E-state index is 11.5. The lowest BCUT2D eigenvalue weighted by molar-refractivity contribution is -0.130. The van der Waals surface area contributed by atoms with Gasteiger partial charge in [-0.2, -0.15) is 0 Å². The Morgan fingerprint density at radius 3 is 2.33 bits per heavy atom. The van der Waals surface area contributed by atoms with Crippen LogP contribution in [0.2, 0.25) is 0 Å². The van der Waals surface area contributed by atoms with Crippen molar-refractivity contribution in [1.29, 1.82) is 0 Å². The first-order valence-electron chi connectivity index (χ1n) is 5.50. The van der Waals surface area contributed by atoms with Gasteiger partial charge in [-0.3, -0.25) is 4.79 Å². The summed E-state index contributed by atoms with van der Waals surface area (Å²) in [7, 11) is 5.87. The molecule has 0 saturated carbocycles. The monoisotopic (exact) mass is 216 g/mol. The highest BCUT2D eigenvalue weighted by Crippen LogP contribution is 2.00. The van der Waals surface area contributed by atoms with E-state index in [0.717, 1.165) is 19.5 Å². The van der Waals surface area contributed by atoms with Crippen molar-refractivity contribution in [1.82, 2.24) is 9.80 Å². The quantitative estimate of drug-likeness (QED) is 0.676. The zero-order valence-corrected chi connectivity index (χ0v) is 10.4. The van der Waals surface area contributed by atoms with Crippen LogP contribution >= 0.6 is 0 Å². The summed E-state index contributed by atoms with van der Waals surface area (Å²) in [6.07, 6.45) is 1.60. The Morgan fingerprint density at radius 2 is 1.87 bits per heavy atom. The van der Waals surface area contributed by atoms with E-state index >= 15 is 0 Å². The molecule has 0 aliphatic heterocycles. The minimum atomic E-state index is -0.385. The molecule has 0 aliphatic carbocycles. The molecule has 1 amide bonds. The van der Waals surface area contributed by atoms with Crippen molar-refractivity contribution in [2.45, 2.75) is 32.3 Å². The molecule has 0 aromatic carbocycles. The summed E-state index contributed by atoms with van der Waals surface area (Å²) < 4.78 is 0. The van der Waals surface area contributed by atoms with Crippen LogP contribution in [0.1, 0.15) is 26.2 Å². The van der Waals surface area contributed by atoms with Crippen molar-refractivity contribution >= 4 is 5.91 Å². The van der Waals surface area contributed by atoms with Crippen molar-refractivity contribution < 1.29 is 9.90 Å². The first-order chi connectivity index (χ1) is 6.93. The van der Waals surface area contributed by atoms with Gasteiger partial charge in [-0.15, -0.1) is 0 Å². The molecule has 0 aliphatic rings. The fraction of sp³-hybridized carbons (Fsp3) is 0.909. The van der Waals surface area contributed by atoms with Gasteiger partial charge in [-0.05, 0) is 40.4 Å². The second-order valence-electron chi connectivity index (χ2n) is 4.36. The van der Waals surface area contributed by atoms with Gasteiger partial charge in [0.25, 0.3) is 0 Å². The molecule has 1 atom stereocenters. The van der Waals surface area contributed by atoms with Crippen LogP contribution in [0, 0.1) is 0 Å². The van der Waals surface area contributed by atoms with Crippen molar-refractivity contribution in [3.8, 4) is 0 Å². The number of nitrogens with zero attached hydrogens (tertiary/aromatic N) is 2. The van der Waals surface area contributed by atoms with Crippen LogP contribution in [0.25, 0.3) is 0 Å². The average Bonchev–Trinajstić information content (AvgIpc) is 2.13. The molecule has 4 heteroatoms. The van der Waals surface area contributed by atoms with Gasteiger partial charge in [-0.25, -0.2) is 0 Å². The standard InChI is InChI=1S/C11H24N2O2/c1-10(14)6-7-11(15)13(4)9-5-8-12(2)3/h10,14H,5-9H2,1-4H3. The van der Waals surface area contributed by atoms with E-state index in [1.54, 1.807) is 11.8 Å². The number of aliphatic hydroxyl groups excluding tert-OH is 1. The molecule has 0 fully saturated rings. The number of carbonyl (C=O) groups excluding carboxylic acids is 1.